The van der Waals surface area contributed by atoms with Crippen LogP contribution in [0.4, 0.5) is 5.69 Å². The SMILES string of the molecule is COc1ccc(CNC(=O)C(C)Oc2ccc([N+](=O)[O-])cc2Cl)cc1. The highest BCUT2D eigenvalue weighted by Crippen LogP contribution is 2.29. The predicted octanol–water partition coefficient (Wildman–Crippen LogP) is 3.34. The van der Waals surface area contributed by atoms with E-state index >= 15 is 0 Å². The number of methoxy groups -OCH3 is 1. The highest BCUT2D eigenvalue weighted by atomic mass is 35.5. The van der Waals surface area contributed by atoms with E-state index in [9.17, 15) is 14.9 Å². The number of nitrogens with zero attached hydrogens (tertiary/aromatic N) is 1. The number of carbonyl (C=O) groups excluding carboxylic acids is 1. The first kappa shape index (κ1) is 18.5. The maximum atomic E-state index is 12.1. The highest BCUT2D eigenvalue weighted by molar-refractivity contribution is 6.32. The molecule has 132 valence electrons. The Bertz CT molecular complexity index is 764. The number of hydrogen-bond donors (Lipinski definition) is 1. The van der Waals surface area contributed by atoms with E-state index in [1.807, 2.05) is 12.1 Å². The van der Waals surface area contributed by atoms with E-state index < -0.39 is 11.0 Å². The van der Waals surface area contributed by atoms with Crippen molar-refractivity contribution in [1.29, 1.82) is 0 Å². The molecular formula is C17H17ClN2O5. The van der Waals surface area contributed by atoms with Crippen molar-refractivity contribution in [2.45, 2.75) is 19.6 Å². The Labute approximate surface area is 149 Å². The zero-order valence-corrected chi connectivity index (χ0v) is 14.4. The topological polar surface area (TPSA) is 90.7 Å². The number of halogens is 1. The Morgan fingerprint density at radius 3 is 2.52 bits per heavy atom. The minimum absolute atomic E-state index is 0.0732. The summed E-state index contributed by atoms with van der Waals surface area (Å²) in [5.74, 6) is 0.615. The third-order valence-electron chi connectivity index (χ3n) is 3.43. The van der Waals surface area contributed by atoms with Gasteiger partial charge in [0.1, 0.15) is 11.5 Å². The van der Waals surface area contributed by atoms with Crippen molar-refractivity contribution in [3.05, 3.63) is 63.2 Å². The molecule has 2 aromatic rings. The number of nitro benzene ring substituents is 1. The molecule has 0 aliphatic heterocycles. The quantitative estimate of drug-likeness (QED) is 0.601. The molecule has 0 fully saturated rings. The van der Waals surface area contributed by atoms with Gasteiger partial charge in [0.15, 0.2) is 6.10 Å². The number of benzene rings is 2. The van der Waals surface area contributed by atoms with Crippen LogP contribution >= 0.6 is 11.6 Å². The molecule has 1 atom stereocenters. The molecule has 25 heavy (non-hydrogen) atoms. The number of hydrogen-bond acceptors (Lipinski definition) is 5. The van der Waals surface area contributed by atoms with Crippen LogP contribution in [-0.4, -0.2) is 24.0 Å². The molecule has 0 saturated heterocycles. The summed E-state index contributed by atoms with van der Waals surface area (Å²) < 4.78 is 10.6. The summed E-state index contributed by atoms with van der Waals surface area (Å²) in [6.07, 6.45) is -0.808. The molecule has 8 heteroatoms. The lowest BCUT2D eigenvalue weighted by molar-refractivity contribution is -0.384. The zero-order valence-electron chi connectivity index (χ0n) is 13.7. The van der Waals surface area contributed by atoms with Crippen LogP contribution in [0.1, 0.15) is 12.5 Å². The minimum Gasteiger partial charge on any atom is -0.497 e. The summed E-state index contributed by atoms with van der Waals surface area (Å²) in [5, 5.41) is 13.5. The average molecular weight is 365 g/mol. The fourth-order valence-electron chi connectivity index (χ4n) is 2.02. The Kier molecular flexibility index (Phi) is 6.19. The van der Waals surface area contributed by atoms with Crippen LogP contribution in [0.2, 0.25) is 5.02 Å². The van der Waals surface area contributed by atoms with Crippen LogP contribution < -0.4 is 14.8 Å². The van der Waals surface area contributed by atoms with Crippen LogP contribution in [-0.2, 0) is 11.3 Å². The smallest absolute Gasteiger partial charge is 0.271 e. The van der Waals surface area contributed by atoms with Crippen molar-refractivity contribution in [3.63, 3.8) is 0 Å². The summed E-state index contributed by atoms with van der Waals surface area (Å²) in [6.45, 7) is 1.91. The van der Waals surface area contributed by atoms with Gasteiger partial charge < -0.3 is 14.8 Å². The summed E-state index contributed by atoms with van der Waals surface area (Å²) in [5.41, 5.74) is 0.767. The molecular weight excluding hydrogens is 348 g/mol. The number of nitro groups is 1. The van der Waals surface area contributed by atoms with Crippen LogP contribution in [0.15, 0.2) is 42.5 Å². The molecule has 7 nitrogen and oxygen atoms in total. The summed E-state index contributed by atoms with van der Waals surface area (Å²) in [4.78, 5) is 22.3. The lowest BCUT2D eigenvalue weighted by atomic mass is 10.2. The normalized spacial score (nSPS) is 11.5. The van der Waals surface area contributed by atoms with Crippen LogP contribution in [0, 0.1) is 10.1 Å². The summed E-state index contributed by atoms with van der Waals surface area (Å²) >= 11 is 5.95. The Balaban J connectivity index is 1.92. The first-order chi connectivity index (χ1) is 11.9. The molecule has 2 rings (SSSR count). The first-order valence-corrected chi connectivity index (χ1v) is 7.79. The van der Waals surface area contributed by atoms with E-state index in [0.717, 1.165) is 11.3 Å². The van der Waals surface area contributed by atoms with Crippen molar-refractivity contribution in [3.8, 4) is 11.5 Å². The second-order valence-electron chi connectivity index (χ2n) is 5.20. The fraction of sp³-hybridized carbons (Fsp3) is 0.235. The van der Waals surface area contributed by atoms with Gasteiger partial charge in [0.25, 0.3) is 11.6 Å². The van der Waals surface area contributed by atoms with Gasteiger partial charge in [0, 0.05) is 18.7 Å². The standard InChI is InChI=1S/C17H17ClN2O5/c1-11(25-16-8-5-13(20(22)23)9-15(16)18)17(21)19-10-12-3-6-14(24-2)7-4-12/h3-9,11H,10H2,1-2H3,(H,19,21). The Morgan fingerprint density at radius 1 is 1.28 bits per heavy atom. The van der Waals surface area contributed by atoms with Gasteiger partial charge in [0.05, 0.1) is 17.1 Å². The van der Waals surface area contributed by atoms with Gasteiger partial charge in [-0.2, -0.15) is 0 Å². The summed E-state index contributed by atoms with van der Waals surface area (Å²) in [6, 6.07) is 11.1. The second kappa shape index (κ2) is 8.34. The zero-order chi connectivity index (χ0) is 18.4. The average Bonchev–Trinajstić information content (AvgIpc) is 2.61. The van der Waals surface area contributed by atoms with Gasteiger partial charge in [-0.25, -0.2) is 0 Å². The van der Waals surface area contributed by atoms with E-state index in [0.29, 0.717) is 6.54 Å². The monoisotopic (exact) mass is 364 g/mol. The second-order valence-corrected chi connectivity index (χ2v) is 5.60. The van der Waals surface area contributed by atoms with E-state index in [-0.39, 0.29) is 22.4 Å². The van der Waals surface area contributed by atoms with E-state index in [4.69, 9.17) is 21.1 Å². The van der Waals surface area contributed by atoms with Crippen molar-refractivity contribution in [2.24, 2.45) is 0 Å². The molecule has 0 bridgehead atoms. The molecule has 1 amide bonds. The van der Waals surface area contributed by atoms with Crippen molar-refractivity contribution in [1.82, 2.24) is 5.32 Å². The summed E-state index contributed by atoms with van der Waals surface area (Å²) in [7, 11) is 1.58. The first-order valence-electron chi connectivity index (χ1n) is 7.42. The third kappa shape index (κ3) is 5.09. The molecule has 0 aliphatic carbocycles. The maximum absolute atomic E-state index is 12.1. The minimum atomic E-state index is -0.808. The van der Waals surface area contributed by atoms with E-state index in [1.165, 1.54) is 18.2 Å². The van der Waals surface area contributed by atoms with Crippen LogP contribution in [0.25, 0.3) is 0 Å². The molecule has 2 aromatic carbocycles. The van der Waals surface area contributed by atoms with Gasteiger partial charge in [-0.15, -0.1) is 0 Å². The molecule has 0 spiro atoms. The number of carbonyl (C=O) groups is 1. The van der Waals surface area contributed by atoms with Gasteiger partial charge >= 0.3 is 0 Å². The molecule has 0 aliphatic rings. The third-order valence-corrected chi connectivity index (χ3v) is 3.72. The maximum Gasteiger partial charge on any atom is 0.271 e. The largest absolute Gasteiger partial charge is 0.497 e. The van der Waals surface area contributed by atoms with Gasteiger partial charge in [-0.3, -0.25) is 14.9 Å². The molecule has 0 radical (unpaired) electrons. The van der Waals surface area contributed by atoms with Crippen molar-refractivity contribution in [2.75, 3.05) is 7.11 Å². The van der Waals surface area contributed by atoms with E-state index in [2.05, 4.69) is 5.32 Å². The van der Waals surface area contributed by atoms with Crippen molar-refractivity contribution < 1.29 is 19.2 Å². The fourth-order valence-corrected chi connectivity index (χ4v) is 2.24. The molecule has 0 heterocycles. The molecule has 0 saturated carbocycles. The number of nitrogens with one attached hydrogen (secondary N) is 1. The van der Waals surface area contributed by atoms with Crippen LogP contribution in [0.3, 0.4) is 0 Å². The van der Waals surface area contributed by atoms with Crippen molar-refractivity contribution >= 4 is 23.2 Å². The number of amides is 1. The number of ether oxygens (including phenoxy) is 2. The lowest BCUT2D eigenvalue weighted by Crippen LogP contribution is -2.35. The van der Waals surface area contributed by atoms with E-state index in [1.54, 1.807) is 26.2 Å². The molecule has 1 unspecified atom stereocenters. The van der Waals surface area contributed by atoms with Crippen LogP contribution in [0.5, 0.6) is 11.5 Å². The highest BCUT2D eigenvalue weighted by Gasteiger charge is 2.17. The molecule has 1 N–H and O–H groups in total. The van der Waals surface area contributed by atoms with Gasteiger partial charge in [-0.1, -0.05) is 23.7 Å². The van der Waals surface area contributed by atoms with Gasteiger partial charge in [-0.05, 0) is 30.7 Å². The predicted molar refractivity (Wildman–Crippen MR) is 93.0 cm³/mol. The lowest BCUT2D eigenvalue weighted by Gasteiger charge is -2.15. The number of non-ortho nitro benzene ring substituents is 1. The Hall–Kier alpha value is -2.80. The molecule has 0 aromatic heterocycles. The van der Waals surface area contributed by atoms with Gasteiger partial charge in [0.2, 0.25) is 0 Å². The Morgan fingerprint density at radius 2 is 1.96 bits per heavy atom. The number of rotatable bonds is 7.